The number of nitrogens with zero attached hydrogens (tertiary/aromatic N) is 1. The lowest BCUT2D eigenvalue weighted by Gasteiger charge is -2.29. The van der Waals surface area contributed by atoms with E-state index in [1.807, 2.05) is 36.1 Å². The molecule has 104 valence electrons. The summed E-state index contributed by atoms with van der Waals surface area (Å²) in [5.41, 5.74) is 1.04. The molecule has 1 amide bonds. The molecule has 1 aromatic rings. The number of hydrogen-bond acceptors (Lipinski definition) is 3. The van der Waals surface area contributed by atoms with Gasteiger partial charge in [0.05, 0.1) is 13.2 Å². The summed E-state index contributed by atoms with van der Waals surface area (Å²) >= 11 is 5.96. The van der Waals surface area contributed by atoms with Crippen molar-refractivity contribution >= 4 is 17.5 Å². The summed E-state index contributed by atoms with van der Waals surface area (Å²) in [6, 6.07) is 7.37. The molecule has 1 heterocycles. The van der Waals surface area contributed by atoms with Crippen molar-refractivity contribution in [2.24, 2.45) is 0 Å². The summed E-state index contributed by atoms with van der Waals surface area (Å²) < 4.78 is 5.34. The fourth-order valence-electron chi connectivity index (χ4n) is 2.15. The molecule has 2 rings (SSSR count). The van der Waals surface area contributed by atoms with Crippen LogP contribution in [0, 0.1) is 0 Å². The summed E-state index contributed by atoms with van der Waals surface area (Å²) in [5, 5.41) is 3.88. The molecular formula is C14H19ClN2O2. The lowest BCUT2D eigenvalue weighted by Crippen LogP contribution is -2.52. The van der Waals surface area contributed by atoms with Gasteiger partial charge in [-0.25, -0.2) is 0 Å². The largest absolute Gasteiger partial charge is 0.378 e. The van der Waals surface area contributed by atoms with Crippen LogP contribution in [0.4, 0.5) is 0 Å². The predicted octanol–water partition coefficient (Wildman–Crippen LogP) is 1.68. The number of benzene rings is 1. The zero-order valence-electron chi connectivity index (χ0n) is 11.1. The van der Waals surface area contributed by atoms with E-state index in [0.717, 1.165) is 12.1 Å². The van der Waals surface area contributed by atoms with Gasteiger partial charge in [0.1, 0.15) is 6.04 Å². The van der Waals surface area contributed by atoms with Crippen LogP contribution >= 0.6 is 11.6 Å². The Hall–Kier alpha value is -1.10. The van der Waals surface area contributed by atoms with Crippen molar-refractivity contribution < 1.29 is 9.53 Å². The monoisotopic (exact) mass is 282 g/mol. The summed E-state index contributed by atoms with van der Waals surface area (Å²) in [5.74, 6) is 0.0853. The first-order valence-electron chi connectivity index (χ1n) is 6.55. The Bertz CT molecular complexity index is 433. The molecule has 1 fully saturated rings. The standard InChI is InChI=1S/C14H19ClN2O2/c1-2-17(9-11-4-3-5-12(15)8-11)14(18)13-10-19-7-6-16-13/h3-5,8,13,16H,2,6-7,9-10H2,1H3. The zero-order valence-corrected chi connectivity index (χ0v) is 11.8. The summed E-state index contributed by atoms with van der Waals surface area (Å²) in [4.78, 5) is 14.2. The molecule has 0 spiro atoms. The van der Waals surface area contributed by atoms with Crippen LogP contribution in [0.5, 0.6) is 0 Å². The highest BCUT2D eigenvalue weighted by Crippen LogP contribution is 2.13. The molecule has 0 aromatic heterocycles. The number of rotatable bonds is 4. The Morgan fingerprint density at radius 1 is 1.58 bits per heavy atom. The van der Waals surface area contributed by atoms with Gasteiger partial charge < -0.3 is 15.0 Å². The zero-order chi connectivity index (χ0) is 13.7. The minimum Gasteiger partial charge on any atom is -0.378 e. The maximum absolute atomic E-state index is 12.4. The van der Waals surface area contributed by atoms with Crippen molar-refractivity contribution in [1.29, 1.82) is 0 Å². The van der Waals surface area contributed by atoms with Crippen LogP contribution in [0.3, 0.4) is 0 Å². The highest BCUT2D eigenvalue weighted by atomic mass is 35.5. The number of ether oxygens (including phenoxy) is 1. The number of likely N-dealkylation sites (N-methyl/N-ethyl adjacent to an activating group) is 1. The number of amides is 1. The fourth-order valence-corrected chi connectivity index (χ4v) is 2.36. The lowest BCUT2D eigenvalue weighted by atomic mass is 10.2. The number of carbonyl (C=O) groups is 1. The number of nitrogens with one attached hydrogen (secondary N) is 1. The van der Waals surface area contributed by atoms with Crippen molar-refractivity contribution in [3.63, 3.8) is 0 Å². The van der Waals surface area contributed by atoms with Gasteiger partial charge in [0, 0.05) is 24.7 Å². The maximum atomic E-state index is 12.4. The number of hydrogen-bond donors (Lipinski definition) is 1. The van der Waals surface area contributed by atoms with Crippen molar-refractivity contribution in [2.75, 3.05) is 26.3 Å². The Morgan fingerprint density at radius 2 is 2.42 bits per heavy atom. The van der Waals surface area contributed by atoms with Gasteiger partial charge in [-0.2, -0.15) is 0 Å². The number of halogens is 1. The van der Waals surface area contributed by atoms with Gasteiger partial charge in [-0.05, 0) is 24.6 Å². The van der Waals surface area contributed by atoms with Crippen LogP contribution < -0.4 is 5.32 Å². The smallest absolute Gasteiger partial charge is 0.242 e. The molecule has 1 aromatic carbocycles. The van der Waals surface area contributed by atoms with E-state index in [4.69, 9.17) is 16.3 Å². The van der Waals surface area contributed by atoms with E-state index in [1.54, 1.807) is 0 Å². The third-order valence-electron chi connectivity index (χ3n) is 3.18. The van der Waals surface area contributed by atoms with Crippen LogP contribution in [0.1, 0.15) is 12.5 Å². The predicted molar refractivity (Wildman–Crippen MR) is 75.2 cm³/mol. The van der Waals surface area contributed by atoms with Crippen molar-refractivity contribution in [3.05, 3.63) is 34.9 Å². The highest BCUT2D eigenvalue weighted by molar-refractivity contribution is 6.30. The molecule has 1 aliphatic heterocycles. The molecule has 0 bridgehead atoms. The van der Waals surface area contributed by atoms with E-state index in [-0.39, 0.29) is 11.9 Å². The second-order valence-electron chi connectivity index (χ2n) is 4.56. The average Bonchev–Trinajstić information content (AvgIpc) is 2.45. The minimum atomic E-state index is -0.229. The van der Waals surface area contributed by atoms with Crippen molar-refractivity contribution in [3.8, 4) is 0 Å². The Balaban J connectivity index is 2.00. The van der Waals surface area contributed by atoms with E-state index in [0.29, 0.717) is 31.3 Å². The summed E-state index contributed by atoms with van der Waals surface area (Å²) in [6.07, 6.45) is 0. The molecule has 0 aliphatic carbocycles. The quantitative estimate of drug-likeness (QED) is 0.914. The minimum absolute atomic E-state index is 0.0853. The number of morpholine rings is 1. The fraction of sp³-hybridized carbons (Fsp3) is 0.500. The Labute approximate surface area is 118 Å². The van der Waals surface area contributed by atoms with E-state index in [1.165, 1.54) is 0 Å². The summed E-state index contributed by atoms with van der Waals surface area (Å²) in [7, 11) is 0. The molecule has 1 N–H and O–H groups in total. The molecule has 5 heteroatoms. The topological polar surface area (TPSA) is 41.6 Å². The van der Waals surface area contributed by atoms with Gasteiger partial charge in [-0.15, -0.1) is 0 Å². The second kappa shape index (κ2) is 6.89. The second-order valence-corrected chi connectivity index (χ2v) is 5.00. The van der Waals surface area contributed by atoms with Gasteiger partial charge in [0.15, 0.2) is 0 Å². The summed E-state index contributed by atoms with van der Waals surface area (Å²) in [6.45, 7) is 5.07. The molecule has 0 saturated carbocycles. The van der Waals surface area contributed by atoms with Crippen LogP contribution in [-0.2, 0) is 16.1 Å². The Kier molecular flexibility index (Phi) is 5.19. The first-order chi connectivity index (χ1) is 9.20. The third-order valence-corrected chi connectivity index (χ3v) is 3.41. The van der Waals surface area contributed by atoms with Crippen LogP contribution in [0.25, 0.3) is 0 Å². The molecule has 1 aliphatic rings. The third kappa shape index (κ3) is 3.93. The van der Waals surface area contributed by atoms with Gasteiger partial charge >= 0.3 is 0 Å². The van der Waals surface area contributed by atoms with Gasteiger partial charge in [-0.1, -0.05) is 23.7 Å². The maximum Gasteiger partial charge on any atom is 0.242 e. The molecule has 4 nitrogen and oxygen atoms in total. The average molecular weight is 283 g/mol. The van der Waals surface area contributed by atoms with Gasteiger partial charge in [-0.3, -0.25) is 4.79 Å². The molecule has 1 saturated heterocycles. The van der Waals surface area contributed by atoms with Crippen LogP contribution in [-0.4, -0.2) is 43.2 Å². The first kappa shape index (κ1) is 14.3. The van der Waals surface area contributed by atoms with E-state index < -0.39 is 0 Å². The first-order valence-corrected chi connectivity index (χ1v) is 6.93. The van der Waals surface area contributed by atoms with Crippen LogP contribution in [0.15, 0.2) is 24.3 Å². The van der Waals surface area contributed by atoms with E-state index in [9.17, 15) is 4.79 Å². The molecule has 1 unspecified atom stereocenters. The van der Waals surface area contributed by atoms with Crippen molar-refractivity contribution in [2.45, 2.75) is 19.5 Å². The number of carbonyl (C=O) groups excluding carboxylic acids is 1. The SMILES string of the molecule is CCN(Cc1cccc(Cl)c1)C(=O)C1COCCN1. The van der Waals surface area contributed by atoms with Crippen molar-refractivity contribution in [1.82, 2.24) is 10.2 Å². The van der Waals surface area contributed by atoms with Crippen LogP contribution in [0.2, 0.25) is 5.02 Å². The molecule has 1 atom stereocenters. The highest BCUT2D eigenvalue weighted by Gasteiger charge is 2.25. The molecule has 0 radical (unpaired) electrons. The van der Waals surface area contributed by atoms with Gasteiger partial charge in [0.2, 0.25) is 5.91 Å². The molecular weight excluding hydrogens is 264 g/mol. The Morgan fingerprint density at radius 3 is 3.05 bits per heavy atom. The van der Waals surface area contributed by atoms with E-state index >= 15 is 0 Å². The van der Waals surface area contributed by atoms with E-state index in [2.05, 4.69) is 5.32 Å². The normalized spacial score (nSPS) is 19.2. The van der Waals surface area contributed by atoms with Gasteiger partial charge in [0.25, 0.3) is 0 Å². The lowest BCUT2D eigenvalue weighted by molar-refractivity contribution is -0.136. The molecule has 19 heavy (non-hydrogen) atoms.